The van der Waals surface area contributed by atoms with Gasteiger partial charge in [0, 0.05) is 12.3 Å². The van der Waals surface area contributed by atoms with Crippen molar-refractivity contribution in [2.45, 2.75) is 19.2 Å². The molecule has 12 heavy (non-hydrogen) atoms. The van der Waals surface area contributed by atoms with Gasteiger partial charge in [0.25, 0.3) is 0 Å². The van der Waals surface area contributed by atoms with E-state index in [-0.39, 0.29) is 5.78 Å². The van der Waals surface area contributed by atoms with E-state index in [1.165, 1.54) is 0 Å². The first-order valence-corrected chi connectivity index (χ1v) is 4.39. The van der Waals surface area contributed by atoms with Crippen LogP contribution in [-0.4, -0.2) is 5.78 Å². The monoisotopic (exact) mass is 182 g/mol. The second kappa shape index (κ2) is 4.27. The molecule has 2 heteroatoms. The molecule has 1 aromatic rings. The van der Waals surface area contributed by atoms with Gasteiger partial charge in [-0.1, -0.05) is 24.3 Å². The Hall–Kier alpha value is -0.820. The molecule has 1 rings (SSSR count). The third-order valence-electron chi connectivity index (χ3n) is 1.60. The lowest BCUT2D eigenvalue weighted by atomic mass is 10.1. The van der Waals surface area contributed by atoms with E-state index < -0.39 is 0 Å². The Morgan fingerprint density at radius 2 is 2.08 bits per heavy atom. The van der Waals surface area contributed by atoms with Crippen molar-refractivity contribution in [3.63, 3.8) is 0 Å². The summed E-state index contributed by atoms with van der Waals surface area (Å²) in [6.45, 7) is 1.59. The summed E-state index contributed by atoms with van der Waals surface area (Å²) in [5.74, 6) is 0.688. The van der Waals surface area contributed by atoms with Gasteiger partial charge < -0.3 is 0 Å². The summed E-state index contributed by atoms with van der Waals surface area (Å²) >= 11 is 5.65. The van der Waals surface area contributed by atoms with Gasteiger partial charge in [-0.15, -0.1) is 11.6 Å². The van der Waals surface area contributed by atoms with Crippen LogP contribution in [0, 0.1) is 0 Å². The third-order valence-corrected chi connectivity index (χ3v) is 1.91. The Morgan fingerprint density at radius 1 is 1.42 bits per heavy atom. The zero-order valence-electron chi connectivity index (χ0n) is 7.01. The van der Waals surface area contributed by atoms with Crippen molar-refractivity contribution in [3.05, 3.63) is 35.4 Å². The van der Waals surface area contributed by atoms with E-state index in [0.29, 0.717) is 12.3 Å². The van der Waals surface area contributed by atoms with E-state index in [4.69, 9.17) is 11.6 Å². The Balaban J connectivity index is 2.79. The molecule has 0 bridgehead atoms. The third kappa shape index (κ3) is 2.67. The van der Waals surface area contributed by atoms with E-state index >= 15 is 0 Å². The highest BCUT2D eigenvalue weighted by Crippen LogP contribution is 2.08. The maximum absolute atomic E-state index is 10.8. The molecule has 1 aromatic carbocycles. The Morgan fingerprint density at radius 3 is 2.67 bits per heavy atom. The maximum Gasteiger partial charge on any atom is 0.134 e. The van der Waals surface area contributed by atoms with Gasteiger partial charge in [0.2, 0.25) is 0 Å². The molecule has 0 aliphatic carbocycles. The predicted octanol–water partition coefficient (Wildman–Crippen LogP) is 2.56. The Kier molecular flexibility index (Phi) is 3.30. The molecule has 0 spiro atoms. The van der Waals surface area contributed by atoms with E-state index in [0.717, 1.165) is 11.1 Å². The summed E-state index contributed by atoms with van der Waals surface area (Å²) in [6, 6.07) is 7.79. The Labute approximate surface area is 77.4 Å². The number of hydrogen-bond acceptors (Lipinski definition) is 1. The molecule has 0 atom stereocenters. The number of carbonyl (C=O) groups is 1. The molecular formula is C10H11ClO. The quantitative estimate of drug-likeness (QED) is 0.657. The summed E-state index contributed by atoms with van der Waals surface area (Å²) in [7, 11) is 0. The highest BCUT2D eigenvalue weighted by molar-refractivity contribution is 6.17. The van der Waals surface area contributed by atoms with Gasteiger partial charge in [0.05, 0.1) is 0 Å². The van der Waals surface area contributed by atoms with Crippen LogP contribution in [0.25, 0.3) is 0 Å². The lowest BCUT2D eigenvalue weighted by Crippen LogP contribution is -1.96. The fourth-order valence-electron chi connectivity index (χ4n) is 1.11. The number of alkyl halides is 1. The molecular weight excluding hydrogens is 172 g/mol. The van der Waals surface area contributed by atoms with E-state index in [1.807, 2.05) is 24.3 Å². The van der Waals surface area contributed by atoms with Crippen LogP contribution in [0.3, 0.4) is 0 Å². The van der Waals surface area contributed by atoms with E-state index in [2.05, 4.69) is 0 Å². The van der Waals surface area contributed by atoms with Crippen LogP contribution in [0.5, 0.6) is 0 Å². The largest absolute Gasteiger partial charge is 0.300 e. The zero-order valence-corrected chi connectivity index (χ0v) is 7.77. The summed E-state index contributed by atoms with van der Waals surface area (Å²) < 4.78 is 0. The lowest BCUT2D eigenvalue weighted by molar-refractivity contribution is -0.116. The number of rotatable bonds is 3. The van der Waals surface area contributed by atoms with Gasteiger partial charge in [0.1, 0.15) is 5.78 Å². The van der Waals surface area contributed by atoms with Crippen LogP contribution in [0.1, 0.15) is 18.1 Å². The summed E-state index contributed by atoms with van der Waals surface area (Å²) in [5.41, 5.74) is 2.11. The van der Waals surface area contributed by atoms with Crippen molar-refractivity contribution in [1.29, 1.82) is 0 Å². The average molecular weight is 183 g/mol. The molecule has 0 N–H and O–H groups in total. The molecule has 0 aliphatic heterocycles. The van der Waals surface area contributed by atoms with Crippen LogP contribution < -0.4 is 0 Å². The smallest absolute Gasteiger partial charge is 0.134 e. The topological polar surface area (TPSA) is 17.1 Å². The number of ketones is 1. The number of carbonyl (C=O) groups excluding carboxylic acids is 1. The highest BCUT2D eigenvalue weighted by Gasteiger charge is 1.97. The average Bonchev–Trinajstić information content (AvgIpc) is 2.03. The Bertz CT molecular complexity index is 281. The molecule has 0 saturated carbocycles. The van der Waals surface area contributed by atoms with Gasteiger partial charge in [-0.25, -0.2) is 0 Å². The van der Waals surface area contributed by atoms with Gasteiger partial charge in [-0.3, -0.25) is 4.79 Å². The van der Waals surface area contributed by atoms with Crippen molar-refractivity contribution in [3.8, 4) is 0 Å². The SMILES string of the molecule is CC(=O)Cc1cccc(CCl)c1. The minimum Gasteiger partial charge on any atom is -0.300 e. The van der Waals surface area contributed by atoms with Gasteiger partial charge in [-0.2, -0.15) is 0 Å². The number of benzene rings is 1. The van der Waals surface area contributed by atoms with Gasteiger partial charge >= 0.3 is 0 Å². The summed E-state index contributed by atoms with van der Waals surface area (Å²) in [4.78, 5) is 10.8. The first-order valence-electron chi connectivity index (χ1n) is 3.85. The second-order valence-corrected chi connectivity index (χ2v) is 3.10. The van der Waals surface area contributed by atoms with Crippen LogP contribution in [0.15, 0.2) is 24.3 Å². The van der Waals surface area contributed by atoms with Gasteiger partial charge in [0.15, 0.2) is 0 Å². The zero-order chi connectivity index (χ0) is 8.97. The molecule has 0 aliphatic rings. The van der Waals surface area contributed by atoms with Crippen LogP contribution in [-0.2, 0) is 17.1 Å². The van der Waals surface area contributed by atoms with Crippen molar-refractivity contribution >= 4 is 17.4 Å². The van der Waals surface area contributed by atoms with Crippen molar-refractivity contribution in [1.82, 2.24) is 0 Å². The van der Waals surface area contributed by atoms with E-state index in [1.54, 1.807) is 6.92 Å². The molecule has 0 aromatic heterocycles. The highest BCUT2D eigenvalue weighted by atomic mass is 35.5. The predicted molar refractivity (Wildman–Crippen MR) is 50.4 cm³/mol. The molecule has 0 heterocycles. The lowest BCUT2D eigenvalue weighted by Gasteiger charge is -1.99. The fraction of sp³-hybridized carbons (Fsp3) is 0.300. The molecule has 0 unspecified atom stereocenters. The van der Waals surface area contributed by atoms with Crippen molar-refractivity contribution < 1.29 is 4.79 Å². The van der Waals surface area contributed by atoms with Crippen LogP contribution in [0.2, 0.25) is 0 Å². The minimum atomic E-state index is 0.182. The number of Topliss-reactive ketones (excluding diaryl/α,β-unsaturated/α-hetero) is 1. The van der Waals surface area contributed by atoms with E-state index in [9.17, 15) is 4.79 Å². The van der Waals surface area contributed by atoms with Crippen molar-refractivity contribution in [2.24, 2.45) is 0 Å². The standard InChI is InChI=1S/C10H11ClO/c1-8(12)5-9-3-2-4-10(6-9)7-11/h2-4,6H,5,7H2,1H3. The second-order valence-electron chi connectivity index (χ2n) is 2.83. The molecule has 64 valence electrons. The first kappa shape index (κ1) is 9.27. The molecule has 0 radical (unpaired) electrons. The van der Waals surface area contributed by atoms with Gasteiger partial charge in [-0.05, 0) is 18.1 Å². The fourth-order valence-corrected chi connectivity index (χ4v) is 1.28. The minimum absolute atomic E-state index is 0.182. The number of hydrogen-bond donors (Lipinski definition) is 0. The van der Waals surface area contributed by atoms with Crippen molar-refractivity contribution in [2.75, 3.05) is 0 Å². The normalized spacial score (nSPS) is 9.83. The summed E-state index contributed by atoms with van der Waals surface area (Å²) in [5, 5.41) is 0. The molecule has 0 fully saturated rings. The number of halogens is 1. The molecule has 1 nitrogen and oxygen atoms in total. The van der Waals surface area contributed by atoms with Crippen LogP contribution in [0.4, 0.5) is 0 Å². The first-order chi connectivity index (χ1) is 5.72. The van der Waals surface area contributed by atoms with Crippen LogP contribution >= 0.6 is 11.6 Å². The molecule has 0 saturated heterocycles. The summed E-state index contributed by atoms with van der Waals surface area (Å²) in [6.07, 6.45) is 0.505. The molecule has 0 amide bonds. The maximum atomic E-state index is 10.8.